The van der Waals surface area contributed by atoms with E-state index in [1.54, 1.807) is 7.11 Å². The molecule has 1 unspecified atom stereocenters. The average Bonchev–Trinajstić information content (AvgIpc) is 3.34. The molecule has 0 bridgehead atoms. The Morgan fingerprint density at radius 1 is 1.12 bits per heavy atom. The van der Waals surface area contributed by atoms with E-state index in [9.17, 15) is 5.11 Å². The Bertz CT molecular complexity index is 721. The molecule has 1 saturated carbocycles. The first kappa shape index (κ1) is 16.4. The molecule has 1 saturated heterocycles. The van der Waals surface area contributed by atoms with Crippen molar-refractivity contribution in [3.05, 3.63) is 59.7 Å². The summed E-state index contributed by atoms with van der Waals surface area (Å²) in [4.78, 5) is 0. The van der Waals surface area contributed by atoms with Gasteiger partial charge in [0.05, 0.1) is 18.8 Å². The molecule has 0 aromatic heterocycles. The summed E-state index contributed by atoms with van der Waals surface area (Å²) in [7, 11) is 1.67. The van der Waals surface area contributed by atoms with Crippen molar-refractivity contribution >= 4 is 0 Å². The molecule has 1 N–H and O–H groups in total. The van der Waals surface area contributed by atoms with Crippen LogP contribution in [0.25, 0.3) is 0 Å². The number of aliphatic hydroxyl groups excluding tert-OH is 1. The topological polar surface area (TPSA) is 47.9 Å². The van der Waals surface area contributed by atoms with Gasteiger partial charge in [0.15, 0.2) is 0 Å². The summed E-state index contributed by atoms with van der Waals surface area (Å²) in [6.45, 7) is 0. The number of hydrogen-bond acceptors (Lipinski definition) is 4. The van der Waals surface area contributed by atoms with E-state index in [4.69, 9.17) is 14.2 Å². The number of aliphatic hydroxyl groups is 1. The molecule has 0 radical (unpaired) electrons. The van der Waals surface area contributed by atoms with Gasteiger partial charge in [0.1, 0.15) is 11.5 Å². The Morgan fingerprint density at radius 3 is 2.60 bits per heavy atom. The van der Waals surface area contributed by atoms with E-state index in [1.807, 2.05) is 30.3 Å². The van der Waals surface area contributed by atoms with Crippen LogP contribution in [0.5, 0.6) is 11.5 Å². The minimum absolute atomic E-state index is 0.132. The van der Waals surface area contributed by atoms with Gasteiger partial charge < -0.3 is 19.3 Å². The monoisotopic (exact) mass is 340 g/mol. The standard InChI is InChI=1S/C21H24O4/c1-23-18-8-6-15(7-9-18)12-16-4-2-3-5-19(16)24-20-13-17(22)14-21(25-20)10-11-21/h2-9,17,20,22H,10-14H2,1H3/t17-,20?/m1/s1. The first-order valence-electron chi connectivity index (χ1n) is 8.89. The van der Waals surface area contributed by atoms with E-state index in [0.29, 0.717) is 6.42 Å². The van der Waals surface area contributed by atoms with E-state index in [-0.39, 0.29) is 18.0 Å². The van der Waals surface area contributed by atoms with Crippen molar-refractivity contribution in [2.24, 2.45) is 0 Å². The maximum atomic E-state index is 10.1. The molecule has 25 heavy (non-hydrogen) atoms. The van der Waals surface area contributed by atoms with E-state index < -0.39 is 0 Å². The van der Waals surface area contributed by atoms with Crippen molar-refractivity contribution in [1.29, 1.82) is 0 Å². The molecule has 0 amide bonds. The normalized spacial score (nSPS) is 24.1. The first-order chi connectivity index (χ1) is 12.2. The second-order valence-electron chi connectivity index (χ2n) is 7.07. The van der Waals surface area contributed by atoms with Crippen molar-refractivity contribution in [1.82, 2.24) is 0 Å². The molecular weight excluding hydrogens is 316 g/mol. The lowest BCUT2D eigenvalue weighted by molar-refractivity contribution is -0.187. The summed E-state index contributed by atoms with van der Waals surface area (Å²) in [6.07, 6.45) is 3.38. The second kappa shape index (κ2) is 6.70. The van der Waals surface area contributed by atoms with Crippen LogP contribution in [0.15, 0.2) is 48.5 Å². The number of rotatable bonds is 5. The lowest BCUT2D eigenvalue weighted by Gasteiger charge is -2.33. The SMILES string of the molecule is COc1ccc(Cc2ccccc2OC2C[C@@H](O)CC3(CC3)O2)cc1. The van der Waals surface area contributed by atoms with Gasteiger partial charge in [-0.3, -0.25) is 0 Å². The van der Waals surface area contributed by atoms with E-state index >= 15 is 0 Å². The number of methoxy groups -OCH3 is 1. The van der Waals surface area contributed by atoms with Crippen molar-refractivity contribution in [3.63, 3.8) is 0 Å². The summed E-state index contributed by atoms with van der Waals surface area (Å²) >= 11 is 0. The maximum absolute atomic E-state index is 10.1. The molecule has 132 valence electrons. The Labute approximate surface area is 148 Å². The Hall–Kier alpha value is -2.04. The molecule has 1 heterocycles. The third kappa shape index (κ3) is 3.80. The number of para-hydroxylation sites is 1. The molecule has 1 aliphatic carbocycles. The van der Waals surface area contributed by atoms with Crippen molar-refractivity contribution in [2.75, 3.05) is 7.11 Å². The lowest BCUT2D eigenvalue weighted by atomic mass is 10.0. The molecule has 1 aliphatic heterocycles. The molecule has 2 fully saturated rings. The van der Waals surface area contributed by atoms with Crippen LogP contribution in [-0.4, -0.2) is 30.2 Å². The third-order valence-electron chi connectivity index (χ3n) is 5.05. The fourth-order valence-electron chi connectivity index (χ4n) is 3.51. The van der Waals surface area contributed by atoms with Crippen molar-refractivity contribution in [2.45, 2.75) is 50.1 Å². The highest BCUT2D eigenvalue weighted by molar-refractivity contribution is 5.39. The van der Waals surface area contributed by atoms with Gasteiger partial charge >= 0.3 is 0 Å². The fourth-order valence-corrected chi connectivity index (χ4v) is 3.51. The van der Waals surface area contributed by atoms with Crippen LogP contribution in [0.1, 0.15) is 36.8 Å². The minimum Gasteiger partial charge on any atom is -0.497 e. The van der Waals surface area contributed by atoms with Gasteiger partial charge in [-0.2, -0.15) is 0 Å². The van der Waals surface area contributed by atoms with Crippen LogP contribution in [0.4, 0.5) is 0 Å². The van der Waals surface area contributed by atoms with Crippen LogP contribution in [0.2, 0.25) is 0 Å². The molecular formula is C21H24O4. The second-order valence-corrected chi connectivity index (χ2v) is 7.07. The van der Waals surface area contributed by atoms with Crippen LogP contribution in [0.3, 0.4) is 0 Å². The minimum atomic E-state index is -0.372. The summed E-state index contributed by atoms with van der Waals surface area (Å²) < 4.78 is 17.5. The zero-order valence-corrected chi connectivity index (χ0v) is 14.5. The van der Waals surface area contributed by atoms with Crippen molar-refractivity contribution < 1.29 is 19.3 Å². The maximum Gasteiger partial charge on any atom is 0.202 e. The van der Waals surface area contributed by atoms with Crippen LogP contribution in [-0.2, 0) is 11.2 Å². The average molecular weight is 340 g/mol. The molecule has 1 spiro atoms. The van der Waals surface area contributed by atoms with Gasteiger partial charge in [0.25, 0.3) is 0 Å². The molecule has 2 aromatic rings. The van der Waals surface area contributed by atoms with E-state index in [0.717, 1.165) is 42.7 Å². The van der Waals surface area contributed by atoms with Crippen LogP contribution in [0, 0.1) is 0 Å². The van der Waals surface area contributed by atoms with Crippen LogP contribution < -0.4 is 9.47 Å². The summed E-state index contributed by atoms with van der Waals surface area (Å²) in [5, 5.41) is 10.1. The lowest BCUT2D eigenvalue weighted by Crippen LogP contribution is -2.40. The highest BCUT2D eigenvalue weighted by atomic mass is 16.7. The fraction of sp³-hybridized carbons (Fsp3) is 0.429. The number of hydrogen-bond donors (Lipinski definition) is 1. The third-order valence-corrected chi connectivity index (χ3v) is 5.05. The largest absolute Gasteiger partial charge is 0.497 e. The zero-order chi connectivity index (χ0) is 17.3. The molecule has 4 rings (SSSR count). The van der Waals surface area contributed by atoms with Crippen molar-refractivity contribution in [3.8, 4) is 11.5 Å². The molecule has 4 nitrogen and oxygen atoms in total. The highest BCUT2D eigenvalue weighted by Crippen LogP contribution is 2.48. The summed E-state index contributed by atoms with van der Waals surface area (Å²) in [5.41, 5.74) is 2.18. The molecule has 4 heteroatoms. The van der Waals surface area contributed by atoms with Gasteiger partial charge in [0, 0.05) is 19.3 Å². The number of ether oxygens (including phenoxy) is 3. The predicted octanol–water partition coefficient (Wildman–Crippen LogP) is 3.69. The van der Waals surface area contributed by atoms with Gasteiger partial charge in [-0.05, 0) is 42.2 Å². The molecule has 2 aromatic carbocycles. The molecule has 2 atom stereocenters. The smallest absolute Gasteiger partial charge is 0.202 e. The van der Waals surface area contributed by atoms with Gasteiger partial charge in [-0.15, -0.1) is 0 Å². The Balaban J connectivity index is 1.48. The van der Waals surface area contributed by atoms with Crippen LogP contribution >= 0.6 is 0 Å². The first-order valence-corrected chi connectivity index (χ1v) is 8.89. The Kier molecular flexibility index (Phi) is 4.40. The summed E-state index contributed by atoms with van der Waals surface area (Å²) in [6, 6.07) is 16.1. The highest BCUT2D eigenvalue weighted by Gasteiger charge is 2.51. The van der Waals surface area contributed by atoms with Gasteiger partial charge in [-0.1, -0.05) is 30.3 Å². The van der Waals surface area contributed by atoms with E-state index in [1.165, 1.54) is 5.56 Å². The van der Waals surface area contributed by atoms with Gasteiger partial charge in [-0.25, -0.2) is 0 Å². The predicted molar refractivity (Wildman–Crippen MR) is 94.9 cm³/mol. The summed E-state index contributed by atoms with van der Waals surface area (Å²) in [5.74, 6) is 1.68. The van der Waals surface area contributed by atoms with E-state index in [2.05, 4.69) is 18.2 Å². The zero-order valence-electron chi connectivity index (χ0n) is 14.5. The quantitative estimate of drug-likeness (QED) is 0.902. The van der Waals surface area contributed by atoms with Gasteiger partial charge in [0.2, 0.25) is 6.29 Å². The Morgan fingerprint density at radius 2 is 1.88 bits per heavy atom. The molecule has 2 aliphatic rings. The number of benzene rings is 2.